The number of carbonyl (C=O) groups excluding carboxylic acids is 3. The number of nitrogens with two attached hydrogens (primary N) is 3. The third kappa shape index (κ3) is 9.32. The van der Waals surface area contributed by atoms with Crippen molar-refractivity contribution in [3.05, 3.63) is 72.1 Å². The van der Waals surface area contributed by atoms with Crippen LogP contribution in [0.4, 0.5) is 0 Å². The first-order valence-corrected chi connectivity index (χ1v) is 15.2. The van der Waals surface area contributed by atoms with Gasteiger partial charge in [-0.25, -0.2) is 4.79 Å². The van der Waals surface area contributed by atoms with Crippen LogP contribution in [0.15, 0.2) is 65.9 Å². The van der Waals surface area contributed by atoms with Gasteiger partial charge in [-0.1, -0.05) is 36.4 Å². The summed E-state index contributed by atoms with van der Waals surface area (Å²) in [6.45, 7) is 0.106. The van der Waals surface area contributed by atoms with Crippen LogP contribution in [0, 0.1) is 0 Å². The molecule has 2 heterocycles. The number of rotatable bonds is 17. The molecular formula is C32H39N9O7. The number of nitrogens with zero attached hydrogens (tertiary/aromatic N) is 1. The molecule has 254 valence electrons. The number of aliphatic imine (C=N–C) groups is 1. The molecule has 0 saturated carbocycles. The van der Waals surface area contributed by atoms with E-state index < -0.39 is 60.2 Å². The predicted octanol–water partition coefficient (Wildman–Crippen LogP) is -0.171. The summed E-state index contributed by atoms with van der Waals surface area (Å²) in [5, 5.41) is 28.2. The molecule has 0 fully saturated rings. The second-order valence-electron chi connectivity index (χ2n) is 11.3. The number of aliphatic carboxylic acids is 2. The van der Waals surface area contributed by atoms with Gasteiger partial charge in [0.05, 0.1) is 12.5 Å². The Bertz CT molecular complexity index is 1810. The van der Waals surface area contributed by atoms with Crippen LogP contribution in [-0.2, 0) is 36.8 Å². The highest BCUT2D eigenvalue weighted by Gasteiger charge is 2.32. The van der Waals surface area contributed by atoms with Gasteiger partial charge < -0.3 is 53.3 Å². The van der Waals surface area contributed by atoms with E-state index in [0.29, 0.717) is 5.56 Å². The van der Waals surface area contributed by atoms with Gasteiger partial charge in [-0.05, 0) is 42.5 Å². The lowest BCUT2D eigenvalue weighted by atomic mass is 10.0. The molecule has 0 aliphatic carbocycles. The summed E-state index contributed by atoms with van der Waals surface area (Å²) in [7, 11) is 0. The number of fused-ring (bicyclic) bond motifs is 2. The Morgan fingerprint density at radius 2 is 1.25 bits per heavy atom. The van der Waals surface area contributed by atoms with Crippen molar-refractivity contribution in [3.63, 3.8) is 0 Å². The van der Waals surface area contributed by atoms with Gasteiger partial charge in [0.1, 0.15) is 18.1 Å². The first-order chi connectivity index (χ1) is 22.9. The van der Waals surface area contributed by atoms with Crippen LogP contribution in [0.1, 0.15) is 30.4 Å². The average molecular weight is 662 g/mol. The molecule has 13 N–H and O–H groups in total. The van der Waals surface area contributed by atoms with E-state index in [1.165, 1.54) is 0 Å². The Kier molecular flexibility index (Phi) is 11.7. The second kappa shape index (κ2) is 16.1. The topological polar surface area (TPSA) is 284 Å². The molecule has 0 spiro atoms. The molecule has 0 saturated heterocycles. The van der Waals surface area contributed by atoms with Crippen LogP contribution < -0.4 is 33.2 Å². The Labute approximate surface area is 274 Å². The number of aromatic nitrogens is 2. The quantitative estimate of drug-likeness (QED) is 0.0405. The summed E-state index contributed by atoms with van der Waals surface area (Å²) >= 11 is 0. The van der Waals surface area contributed by atoms with Crippen molar-refractivity contribution < 1.29 is 34.2 Å². The van der Waals surface area contributed by atoms with E-state index in [0.717, 1.165) is 27.4 Å². The number of para-hydroxylation sites is 2. The van der Waals surface area contributed by atoms with E-state index in [-0.39, 0.29) is 38.2 Å². The highest BCUT2D eigenvalue weighted by Crippen LogP contribution is 2.21. The van der Waals surface area contributed by atoms with Gasteiger partial charge in [-0.2, -0.15) is 0 Å². The van der Waals surface area contributed by atoms with Gasteiger partial charge in [-0.3, -0.25) is 24.2 Å². The maximum atomic E-state index is 13.7. The molecule has 16 nitrogen and oxygen atoms in total. The molecule has 4 atom stereocenters. The van der Waals surface area contributed by atoms with Gasteiger partial charge in [0.25, 0.3) is 0 Å². The zero-order chi connectivity index (χ0) is 34.8. The van der Waals surface area contributed by atoms with E-state index in [1.54, 1.807) is 12.4 Å². The molecule has 0 radical (unpaired) electrons. The zero-order valence-corrected chi connectivity index (χ0v) is 25.9. The fourth-order valence-electron chi connectivity index (χ4n) is 5.33. The maximum absolute atomic E-state index is 13.7. The van der Waals surface area contributed by atoms with E-state index in [9.17, 15) is 34.2 Å². The molecule has 16 heteroatoms. The number of H-pyrrole nitrogens is 2. The van der Waals surface area contributed by atoms with Gasteiger partial charge in [0, 0.05) is 47.2 Å². The van der Waals surface area contributed by atoms with Crippen molar-refractivity contribution in [2.24, 2.45) is 22.2 Å². The number of carboxylic acid groups (broad SMARTS) is 2. The first kappa shape index (κ1) is 35.0. The monoisotopic (exact) mass is 661 g/mol. The fraction of sp³-hybridized carbons (Fsp3) is 0.312. The summed E-state index contributed by atoms with van der Waals surface area (Å²) in [4.78, 5) is 73.8. The summed E-state index contributed by atoms with van der Waals surface area (Å²) < 4.78 is 0. The smallest absolute Gasteiger partial charge is 0.326 e. The third-order valence-electron chi connectivity index (χ3n) is 7.76. The first-order valence-electron chi connectivity index (χ1n) is 15.2. The number of guanidine groups is 1. The normalized spacial score (nSPS) is 13.6. The molecule has 2 aromatic heterocycles. The number of nitrogens with one attached hydrogen (secondary N) is 5. The predicted molar refractivity (Wildman–Crippen MR) is 178 cm³/mol. The molecule has 2 aromatic carbocycles. The lowest BCUT2D eigenvalue weighted by molar-refractivity contribution is -0.143. The van der Waals surface area contributed by atoms with Crippen LogP contribution in [0.3, 0.4) is 0 Å². The SMILES string of the molecule is NC(N)=NCCCC(NC(=O)C(CC(=O)O)NC(=O)C(Cc1c[nH]c2ccccc12)NC(=O)C(N)Cc1c[nH]c2ccccc12)C(=O)O. The minimum Gasteiger partial charge on any atom is -0.481 e. The van der Waals surface area contributed by atoms with Crippen molar-refractivity contribution >= 4 is 57.4 Å². The second-order valence-corrected chi connectivity index (χ2v) is 11.3. The van der Waals surface area contributed by atoms with Gasteiger partial charge in [-0.15, -0.1) is 0 Å². The van der Waals surface area contributed by atoms with Crippen LogP contribution >= 0.6 is 0 Å². The molecule has 0 aliphatic rings. The van der Waals surface area contributed by atoms with Gasteiger partial charge >= 0.3 is 11.9 Å². The van der Waals surface area contributed by atoms with E-state index in [2.05, 4.69) is 30.9 Å². The van der Waals surface area contributed by atoms with Crippen molar-refractivity contribution in [1.29, 1.82) is 0 Å². The lowest BCUT2D eigenvalue weighted by Crippen LogP contribution is -2.58. The van der Waals surface area contributed by atoms with Crippen molar-refractivity contribution in [2.75, 3.05) is 6.54 Å². The number of carbonyl (C=O) groups is 5. The molecule has 0 aliphatic heterocycles. The zero-order valence-electron chi connectivity index (χ0n) is 25.9. The number of hydrogen-bond acceptors (Lipinski definition) is 7. The number of benzene rings is 2. The van der Waals surface area contributed by atoms with E-state index >= 15 is 0 Å². The molecule has 48 heavy (non-hydrogen) atoms. The number of aromatic amines is 2. The molecule has 4 rings (SSSR count). The Morgan fingerprint density at radius 3 is 1.81 bits per heavy atom. The van der Waals surface area contributed by atoms with Gasteiger partial charge in [0.2, 0.25) is 17.7 Å². The molecular weight excluding hydrogens is 622 g/mol. The Morgan fingerprint density at radius 1 is 0.729 bits per heavy atom. The fourth-order valence-corrected chi connectivity index (χ4v) is 5.33. The maximum Gasteiger partial charge on any atom is 0.326 e. The average Bonchev–Trinajstić information content (AvgIpc) is 3.65. The lowest BCUT2D eigenvalue weighted by Gasteiger charge is -2.24. The highest BCUT2D eigenvalue weighted by atomic mass is 16.4. The highest BCUT2D eigenvalue weighted by molar-refractivity contribution is 5.96. The third-order valence-corrected chi connectivity index (χ3v) is 7.76. The molecule has 0 bridgehead atoms. The Hall–Kier alpha value is -5.90. The van der Waals surface area contributed by atoms with Crippen molar-refractivity contribution in [2.45, 2.75) is 56.3 Å². The van der Waals surface area contributed by atoms with Crippen LogP contribution in [0.2, 0.25) is 0 Å². The Balaban J connectivity index is 1.52. The number of amides is 3. The van der Waals surface area contributed by atoms with Crippen LogP contribution in [-0.4, -0.2) is 86.5 Å². The molecule has 4 aromatic rings. The summed E-state index contributed by atoms with van der Waals surface area (Å²) in [6.07, 6.45) is 2.83. The van der Waals surface area contributed by atoms with Crippen LogP contribution in [0.5, 0.6) is 0 Å². The van der Waals surface area contributed by atoms with E-state index in [1.807, 2.05) is 48.5 Å². The minimum atomic E-state index is -1.67. The van der Waals surface area contributed by atoms with E-state index in [4.69, 9.17) is 17.2 Å². The summed E-state index contributed by atoms with van der Waals surface area (Å²) in [5.74, 6) is -5.52. The van der Waals surface area contributed by atoms with Crippen LogP contribution in [0.25, 0.3) is 21.8 Å². The molecule has 3 amide bonds. The van der Waals surface area contributed by atoms with Gasteiger partial charge in [0.15, 0.2) is 5.96 Å². The van der Waals surface area contributed by atoms with Crippen molar-refractivity contribution in [3.8, 4) is 0 Å². The minimum absolute atomic E-state index is 0.0364. The molecule has 4 unspecified atom stereocenters. The summed E-state index contributed by atoms with van der Waals surface area (Å²) in [5.41, 5.74) is 20.0. The number of carboxylic acids is 2. The largest absolute Gasteiger partial charge is 0.481 e. The standard InChI is InChI=1S/C32H39N9O7/c33-21(12-17-15-37-22-8-3-1-6-19(17)22)28(44)40-25(13-18-16-38-23-9-4-2-7-20(18)23)29(45)41-26(14-27(42)43)30(46)39-24(31(47)48)10-5-11-36-32(34)35/h1-4,6-9,15-16,21,24-26,37-38H,5,10-14,33H2,(H,39,46)(H,40,44)(H,41,45)(H,42,43)(H,47,48)(H4,34,35,36). The van der Waals surface area contributed by atoms with Crippen molar-refractivity contribution in [1.82, 2.24) is 25.9 Å². The summed E-state index contributed by atoms with van der Waals surface area (Å²) in [6, 6.07) is 9.41. The number of hydrogen-bond donors (Lipinski definition) is 10.